The molecular formula is C21H28ClN3O4S. The van der Waals surface area contributed by atoms with E-state index in [1.807, 2.05) is 11.8 Å². The largest absolute Gasteiger partial charge is 0.382 e. The number of thioether (sulfide) groups is 1. The third-order valence-corrected chi connectivity index (χ3v) is 6.22. The Labute approximate surface area is 185 Å². The van der Waals surface area contributed by atoms with Crippen LogP contribution in [0.3, 0.4) is 0 Å². The molecule has 7 nitrogen and oxygen atoms in total. The first-order valence-electron chi connectivity index (χ1n) is 10.3. The van der Waals surface area contributed by atoms with Gasteiger partial charge in [-0.3, -0.25) is 14.2 Å². The lowest BCUT2D eigenvalue weighted by Crippen LogP contribution is -2.46. The molecule has 1 unspecified atom stereocenters. The average molecular weight is 454 g/mol. The van der Waals surface area contributed by atoms with E-state index >= 15 is 0 Å². The first kappa shape index (κ1) is 23.1. The van der Waals surface area contributed by atoms with E-state index in [0.717, 1.165) is 6.42 Å². The van der Waals surface area contributed by atoms with E-state index in [1.165, 1.54) is 11.8 Å². The summed E-state index contributed by atoms with van der Waals surface area (Å²) < 4.78 is 12.7. The summed E-state index contributed by atoms with van der Waals surface area (Å²) in [5.41, 5.74) is 0.418. The van der Waals surface area contributed by atoms with Gasteiger partial charge in [-0.2, -0.15) is 0 Å². The average Bonchev–Trinajstić information content (AvgIpc) is 2.76. The van der Waals surface area contributed by atoms with Crippen molar-refractivity contribution in [3.63, 3.8) is 0 Å². The maximum atomic E-state index is 13.1. The molecule has 0 spiro atoms. The molecule has 0 radical (unpaired) electrons. The molecule has 9 heteroatoms. The number of ether oxygens (including phenoxy) is 2. The summed E-state index contributed by atoms with van der Waals surface area (Å²) in [6.07, 6.45) is 1.66. The molecule has 1 saturated heterocycles. The Balaban J connectivity index is 1.79. The van der Waals surface area contributed by atoms with Crippen LogP contribution < -0.4 is 5.56 Å². The maximum absolute atomic E-state index is 13.1. The lowest BCUT2D eigenvalue weighted by atomic mass is 10.2. The number of benzene rings is 1. The standard InChI is InChI=1S/C21H28ClN3O4S/c1-3-16-13-24(9-11-29-16)19(26)14-30-21-23-18-12-15(22)6-7-17(18)20(27)25(21)8-5-10-28-4-2/h6-7,12,16H,3-5,8-11,13-14H2,1-2H3. The van der Waals surface area contributed by atoms with Crippen molar-refractivity contribution in [3.8, 4) is 0 Å². The van der Waals surface area contributed by atoms with Crippen LogP contribution in [0.1, 0.15) is 26.7 Å². The van der Waals surface area contributed by atoms with Gasteiger partial charge >= 0.3 is 0 Å². The fraction of sp³-hybridized carbons (Fsp3) is 0.571. The van der Waals surface area contributed by atoms with Gasteiger partial charge in [-0.05, 0) is 38.0 Å². The molecule has 0 aliphatic carbocycles. The molecule has 30 heavy (non-hydrogen) atoms. The molecule has 0 saturated carbocycles. The van der Waals surface area contributed by atoms with Gasteiger partial charge in [0.05, 0.1) is 29.4 Å². The van der Waals surface area contributed by atoms with Crippen LogP contribution in [0.4, 0.5) is 0 Å². The first-order chi connectivity index (χ1) is 14.5. The lowest BCUT2D eigenvalue weighted by molar-refractivity contribution is -0.135. The van der Waals surface area contributed by atoms with Crippen LogP contribution in [-0.2, 0) is 20.8 Å². The number of amides is 1. The van der Waals surface area contributed by atoms with Gasteiger partial charge in [-0.15, -0.1) is 0 Å². The van der Waals surface area contributed by atoms with Gasteiger partial charge < -0.3 is 14.4 Å². The number of fused-ring (bicyclic) bond motifs is 1. The minimum Gasteiger partial charge on any atom is -0.382 e. The summed E-state index contributed by atoms with van der Waals surface area (Å²) in [4.78, 5) is 32.3. The fourth-order valence-corrected chi connectivity index (χ4v) is 4.46. The van der Waals surface area contributed by atoms with E-state index in [-0.39, 0.29) is 23.3 Å². The van der Waals surface area contributed by atoms with Crippen molar-refractivity contribution < 1.29 is 14.3 Å². The number of nitrogens with zero attached hydrogens (tertiary/aromatic N) is 3. The van der Waals surface area contributed by atoms with Crippen LogP contribution in [0.15, 0.2) is 28.2 Å². The molecule has 164 valence electrons. The summed E-state index contributed by atoms with van der Waals surface area (Å²) >= 11 is 7.39. The van der Waals surface area contributed by atoms with Gasteiger partial charge in [-0.25, -0.2) is 4.98 Å². The van der Waals surface area contributed by atoms with Crippen LogP contribution in [0.5, 0.6) is 0 Å². The number of rotatable bonds is 9. The smallest absolute Gasteiger partial charge is 0.262 e. The summed E-state index contributed by atoms with van der Waals surface area (Å²) in [6.45, 7) is 7.44. The quantitative estimate of drug-likeness (QED) is 0.330. The van der Waals surface area contributed by atoms with Gasteiger partial charge in [0.2, 0.25) is 5.91 Å². The molecule has 1 fully saturated rings. The highest BCUT2D eigenvalue weighted by atomic mass is 35.5. The minimum absolute atomic E-state index is 0.0306. The number of morpholine rings is 1. The second-order valence-electron chi connectivity index (χ2n) is 7.09. The molecule has 2 aromatic rings. The van der Waals surface area contributed by atoms with Gasteiger partial charge in [0.1, 0.15) is 0 Å². The Kier molecular flexibility index (Phi) is 8.56. The highest BCUT2D eigenvalue weighted by Gasteiger charge is 2.23. The van der Waals surface area contributed by atoms with Crippen LogP contribution >= 0.6 is 23.4 Å². The summed E-state index contributed by atoms with van der Waals surface area (Å²) in [5.74, 6) is 0.253. The topological polar surface area (TPSA) is 73.7 Å². The van der Waals surface area contributed by atoms with E-state index < -0.39 is 0 Å². The Morgan fingerprint density at radius 1 is 1.40 bits per heavy atom. The molecule has 0 bridgehead atoms. The van der Waals surface area contributed by atoms with Crippen molar-refractivity contribution in [1.29, 1.82) is 0 Å². The Hall–Kier alpha value is -1.61. The van der Waals surface area contributed by atoms with Gasteiger partial charge in [0.25, 0.3) is 5.56 Å². The number of carbonyl (C=O) groups excluding carboxylic acids is 1. The molecule has 3 rings (SSSR count). The van der Waals surface area contributed by atoms with E-state index in [0.29, 0.717) is 67.0 Å². The van der Waals surface area contributed by atoms with Gasteiger partial charge in [0, 0.05) is 37.9 Å². The second-order valence-corrected chi connectivity index (χ2v) is 8.47. The second kappa shape index (κ2) is 11.1. The molecular weight excluding hydrogens is 426 g/mol. The zero-order valence-electron chi connectivity index (χ0n) is 17.4. The fourth-order valence-electron chi connectivity index (χ4n) is 3.36. The number of halogens is 1. The number of hydrogen-bond acceptors (Lipinski definition) is 6. The molecule has 2 heterocycles. The summed E-state index contributed by atoms with van der Waals surface area (Å²) in [5, 5.41) is 1.57. The number of aromatic nitrogens is 2. The normalized spacial score (nSPS) is 16.9. The highest BCUT2D eigenvalue weighted by molar-refractivity contribution is 7.99. The van der Waals surface area contributed by atoms with Crippen LogP contribution in [0, 0.1) is 0 Å². The zero-order chi connectivity index (χ0) is 21.5. The Bertz CT molecular complexity index is 936. The predicted octanol–water partition coefficient (Wildman–Crippen LogP) is 3.21. The minimum atomic E-state index is -0.125. The molecule has 1 aromatic carbocycles. The molecule has 1 aromatic heterocycles. The lowest BCUT2D eigenvalue weighted by Gasteiger charge is -2.32. The molecule has 1 atom stereocenters. The molecule has 1 aliphatic heterocycles. The third-order valence-electron chi connectivity index (χ3n) is 5.03. The molecule has 0 N–H and O–H groups in total. The highest BCUT2D eigenvalue weighted by Crippen LogP contribution is 2.21. The van der Waals surface area contributed by atoms with Crippen molar-refractivity contribution in [1.82, 2.24) is 14.5 Å². The zero-order valence-corrected chi connectivity index (χ0v) is 19.0. The van der Waals surface area contributed by atoms with Crippen molar-refractivity contribution in [2.75, 3.05) is 38.7 Å². The molecule has 1 amide bonds. The molecule has 1 aliphatic rings. The van der Waals surface area contributed by atoms with Crippen molar-refractivity contribution in [2.24, 2.45) is 0 Å². The Morgan fingerprint density at radius 3 is 3.00 bits per heavy atom. The van der Waals surface area contributed by atoms with Crippen molar-refractivity contribution >= 4 is 40.2 Å². The van der Waals surface area contributed by atoms with Crippen LogP contribution in [-0.4, -0.2) is 65.1 Å². The Morgan fingerprint density at radius 2 is 2.23 bits per heavy atom. The monoisotopic (exact) mass is 453 g/mol. The summed E-state index contributed by atoms with van der Waals surface area (Å²) in [7, 11) is 0. The van der Waals surface area contributed by atoms with Gasteiger partial charge in [0.15, 0.2) is 5.16 Å². The third kappa shape index (κ3) is 5.75. The SMILES string of the molecule is CCOCCCn1c(SCC(=O)N2CCOC(CC)C2)nc2cc(Cl)ccc2c1=O. The number of carbonyl (C=O) groups is 1. The predicted molar refractivity (Wildman–Crippen MR) is 119 cm³/mol. The van der Waals surface area contributed by atoms with Crippen molar-refractivity contribution in [2.45, 2.75) is 44.5 Å². The summed E-state index contributed by atoms with van der Waals surface area (Å²) in [6, 6.07) is 5.07. The van der Waals surface area contributed by atoms with Gasteiger partial charge in [-0.1, -0.05) is 30.3 Å². The van der Waals surface area contributed by atoms with E-state index in [1.54, 1.807) is 22.8 Å². The number of hydrogen-bond donors (Lipinski definition) is 0. The van der Waals surface area contributed by atoms with E-state index in [2.05, 4.69) is 11.9 Å². The first-order valence-corrected chi connectivity index (χ1v) is 11.7. The van der Waals surface area contributed by atoms with Crippen LogP contribution in [0.2, 0.25) is 5.02 Å². The van der Waals surface area contributed by atoms with E-state index in [4.69, 9.17) is 21.1 Å². The van der Waals surface area contributed by atoms with E-state index in [9.17, 15) is 9.59 Å². The van der Waals surface area contributed by atoms with Crippen molar-refractivity contribution in [3.05, 3.63) is 33.6 Å². The van der Waals surface area contributed by atoms with Crippen LogP contribution in [0.25, 0.3) is 10.9 Å². The maximum Gasteiger partial charge on any atom is 0.262 e.